The average molecular weight is 62.0 g/mol. The summed E-state index contributed by atoms with van der Waals surface area (Å²) in [4.78, 5) is 0. The molecule has 0 aromatic rings. The normalized spacial score (nSPS) is 3.50. The molecular weight excluding hydrogens is 62.0 g/mol. The number of hydrogen-bond acceptors (Lipinski definition) is 0. The first kappa shape index (κ1) is 3.42. The maximum absolute atomic E-state index is 9.99. The predicted molar refractivity (Wildman–Crippen MR) is 9.99 cm³/mol. The van der Waals surface area contributed by atoms with Crippen LogP contribution in [0.25, 0.3) is 0 Å². The van der Waals surface area contributed by atoms with Crippen LogP contribution in [-0.2, 0) is 0 Å². The molecular formula is C2F2. The Balaban J connectivity index is 2.83. The van der Waals surface area contributed by atoms with E-state index in [-0.39, 0.29) is 0 Å². The van der Waals surface area contributed by atoms with Crippen molar-refractivity contribution in [2.45, 2.75) is 0 Å². The largest absolute Gasteiger partial charge is 0.141 e. The molecule has 0 amide bonds. The lowest BCUT2D eigenvalue weighted by molar-refractivity contribution is 0.722. The summed E-state index contributed by atoms with van der Waals surface area (Å²) in [5.41, 5.74) is 0. The minimum atomic E-state index is 0.514. The third-order valence-electron chi connectivity index (χ3n) is 0.0357. The average Bonchev–Trinajstić information content (AvgIpc) is 1.37. The van der Waals surface area contributed by atoms with E-state index in [1.165, 1.54) is 0 Å². The van der Waals surface area contributed by atoms with Crippen LogP contribution in [0.15, 0.2) is 0 Å². The van der Waals surface area contributed by atoms with Gasteiger partial charge in [0.05, 0.1) is 0 Å². The fourth-order valence-corrected chi connectivity index (χ4v) is 0. The summed E-state index contributed by atoms with van der Waals surface area (Å²) < 4.78 is 20.0. The Labute approximate surface area is 22.4 Å². The van der Waals surface area contributed by atoms with Crippen LogP contribution in [0.1, 0.15) is 0 Å². The SMILES string of the molecule is FC#CF. The lowest BCUT2D eigenvalue weighted by atomic mass is 11.3. The van der Waals surface area contributed by atoms with Gasteiger partial charge in [0.15, 0.2) is 0 Å². The second-order valence-electron chi connectivity index (χ2n) is 0.189. The fraction of sp³-hybridized carbons (Fsp3) is 0. The van der Waals surface area contributed by atoms with Crippen molar-refractivity contribution >= 4 is 0 Å². The molecule has 0 aliphatic heterocycles. The third kappa shape index (κ3) is 1.42. The van der Waals surface area contributed by atoms with Crippen molar-refractivity contribution in [2.75, 3.05) is 0 Å². The van der Waals surface area contributed by atoms with Gasteiger partial charge in [0.25, 0.3) is 0 Å². The van der Waals surface area contributed by atoms with E-state index < -0.39 is 0 Å². The van der Waals surface area contributed by atoms with Crippen LogP contribution in [0.5, 0.6) is 0 Å². The molecule has 0 bridgehead atoms. The van der Waals surface area contributed by atoms with Gasteiger partial charge in [-0.3, -0.25) is 0 Å². The highest BCUT2D eigenvalue weighted by Crippen LogP contribution is 1.50. The van der Waals surface area contributed by atoms with Crippen molar-refractivity contribution in [1.82, 2.24) is 0 Å². The van der Waals surface area contributed by atoms with E-state index in [9.17, 15) is 8.78 Å². The molecule has 0 aromatic carbocycles. The highest BCUT2D eigenvalue weighted by atomic mass is 19.2. The van der Waals surface area contributed by atoms with Crippen molar-refractivity contribution in [3.63, 3.8) is 0 Å². The van der Waals surface area contributed by atoms with Crippen LogP contribution in [0.3, 0.4) is 0 Å². The summed E-state index contributed by atoms with van der Waals surface area (Å²) >= 11 is 0. The van der Waals surface area contributed by atoms with Crippen LogP contribution in [0.2, 0.25) is 0 Å². The zero-order valence-electron chi connectivity index (χ0n) is 1.76. The van der Waals surface area contributed by atoms with Gasteiger partial charge in [-0.05, 0) is 0 Å². The Morgan fingerprint density at radius 3 is 1.25 bits per heavy atom. The van der Waals surface area contributed by atoms with Gasteiger partial charge in [0.2, 0.25) is 0 Å². The predicted octanol–water partition coefficient (Wildman–Crippen LogP) is 0.844. The molecule has 4 heavy (non-hydrogen) atoms. The van der Waals surface area contributed by atoms with E-state index in [4.69, 9.17) is 0 Å². The van der Waals surface area contributed by atoms with E-state index in [0.29, 0.717) is 12.3 Å². The van der Waals surface area contributed by atoms with E-state index in [1.807, 2.05) is 0 Å². The molecule has 0 radical (unpaired) electrons. The Kier molecular flexibility index (Phi) is 2.07. The molecule has 0 saturated heterocycles. The molecule has 0 heterocycles. The summed E-state index contributed by atoms with van der Waals surface area (Å²) in [6.07, 6.45) is 1.03. The molecule has 0 atom stereocenters. The molecule has 0 N–H and O–H groups in total. The number of rotatable bonds is 0. The van der Waals surface area contributed by atoms with Crippen LogP contribution < -0.4 is 0 Å². The Bertz CT molecular complexity index is 40.8. The van der Waals surface area contributed by atoms with E-state index in [2.05, 4.69) is 0 Å². The monoisotopic (exact) mass is 62.0 g/mol. The third-order valence-corrected chi connectivity index (χ3v) is 0.0357. The molecule has 0 spiro atoms. The molecule has 0 aromatic heterocycles. The minimum absolute atomic E-state index is 0.514. The minimum Gasteiger partial charge on any atom is -0.141 e. The smallest absolute Gasteiger partial charge is 0.141 e. The zero-order chi connectivity index (χ0) is 3.41. The highest BCUT2D eigenvalue weighted by Gasteiger charge is 1.38. The molecule has 0 fully saturated rings. The topological polar surface area (TPSA) is 0 Å². The van der Waals surface area contributed by atoms with Gasteiger partial charge in [-0.25, -0.2) is 0 Å². The first-order valence-corrected chi connectivity index (χ1v) is 0.628. The van der Waals surface area contributed by atoms with E-state index >= 15 is 0 Å². The van der Waals surface area contributed by atoms with Crippen molar-refractivity contribution < 1.29 is 8.78 Å². The van der Waals surface area contributed by atoms with Gasteiger partial charge >= 0.3 is 0 Å². The molecule has 0 aliphatic carbocycles. The second-order valence-corrected chi connectivity index (χ2v) is 0.189. The maximum Gasteiger partial charge on any atom is 0.141 e. The first-order valence-electron chi connectivity index (χ1n) is 0.628. The lowest BCUT2D eigenvalue weighted by Gasteiger charge is -1.30. The Morgan fingerprint density at radius 2 is 1.25 bits per heavy atom. The van der Waals surface area contributed by atoms with E-state index in [1.54, 1.807) is 0 Å². The van der Waals surface area contributed by atoms with Crippen LogP contribution in [0.4, 0.5) is 8.78 Å². The summed E-state index contributed by atoms with van der Waals surface area (Å²) in [5, 5.41) is 0. The lowest BCUT2D eigenvalue weighted by Crippen LogP contribution is -1.19. The summed E-state index contributed by atoms with van der Waals surface area (Å²) in [6, 6.07) is 0. The molecule has 2 heteroatoms. The molecule has 22 valence electrons. The standard InChI is InChI=1S/C2F2/c3-1-2-4. The molecule has 0 saturated carbocycles. The molecule has 0 unspecified atom stereocenters. The van der Waals surface area contributed by atoms with Gasteiger partial charge in [-0.15, -0.1) is 8.78 Å². The van der Waals surface area contributed by atoms with Crippen LogP contribution >= 0.6 is 0 Å². The van der Waals surface area contributed by atoms with Crippen LogP contribution in [0, 0.1) is 12.3 Å². The van der Waals surface area contributed by atoms with Gasteiger partial charge < -0.3 is 0 Å². The van der Waals surface area contributed by atoms with Gasteiger partial charge in [-0.1, -0.05) is 0 Å². The van der Waals surface area contributed by atoms with Crippen molar-refractivity contribution in [1.29, 1.82) is 0 Å². The second kappa shape index (κ2) is 2.42. The number of halogens is 2. The zero-order valence-corrected chi connectivity index (χ0v) is 1.76. The van der Waals surface area contributed by atoms with Crippen molar-refractivity contribution in [2.24, 2.45) is 0 Å². The summed E-state index contributed by atoms with van der Waals surface area (Å²) in [6.45, 7) is 0. The maximum atomic E-state index is 9.99. The molecule has 0 aliphatic rings. The van der Waals surface area contributed by atoms with Crippen molar-refractivity contribution in [3.8, 4) is 12.3 Å². The summed E-state index contributed by atoms with van der Waals surface area (Å²) in [5.74, 6) is 0. The van der Waals surface area contributed by atoms with E-state index in [0.717, 1.165) is 0 Å². The van der Waals surface area contributed by atoms with Crippen molar-refractivity contribution in [3.05, 3.63) is 0 Å². The summed E-state index contributed by atoms with van der Waals surface area (Å²) in [7, 11) is 0. The van der Waals surface area contributed by atoms with Gasteiger partial charge in [-0.2, -0.15) is 0 Å². The Hall–Kier alpha value is -0.580. The molecule has 0 nitrogen and oxygen atoms in total. The number of hydrogen-bond donors (Lipinski definition) is 0. The quantitative estimate of drug-likeness (QED) is 0.365. The first-order chi connectivity index (χ1) is 1.91. The van der Waals surface area contributed by atoms with Gasteiger partial charge in [0, 0.05) is 0 Å². The molecule has 0 rings (SSSR count). The van der Waals surface area contributed by atoms with Gasteiger partial charge in [0.1, 0.15) is 12.3 Å². The fourth-order valence-electron chi connectivity index (χ4n) is 0. The Morgan fingerprint density at radius 1 is 1.00 bits per heavy atom. The van der Waals surface area contributed by atoms with Crippen LogP contribution in [-0.4, -0.2) is 0 Å². The highest BCUT2D eigenvalue weighted by molar-refractivity contribution is 4.74.